The number of hydrogen-bond donors (Lipinski definition) is 2. The molecule has 0 radical (unpaired) electrons. The summed E-state index contributed by atoms with van der Waals surface area (Å²) in [5.41, 5.74) is 0.998. The van der Waals surface area contributed by atoms with Crippen LogP contribution in [0.1, 0.15) is 25.5 Å². The van der Waals surface area contributed by atoms with Crippen LogP contribution in [0.15, 0.2) is 42.5 Å². The molecule has 2 aromatic rings. The number of benzene rings is 2. The molecule has 90 valence electrons. The van der Waals surface area contributed by atoms with E-state index < -0.39 is 12.1 Å². The van der Waals surface area contributed by atoms with E-state index in [0.717, 1.165) is 17.9 Å². The third-order valence-electron chi connectivity index (χ3n) is 2.27. The molecule has 0 saturated heterocycles. The summed E-state index contributed by atoms with van der Waals surface area (Å²) in [5.74, 6) is -0.833. The molecule has 1 unspecified atom stereocenters. The molecule has 0 heterocycles. The maximum Gasteiger partial charge on any atom is 0.300 e. The number of carbonyl (C=O) groups is 1. The standard InChI is InChI=1S/C12H12O.C2H4O2/c1-9(13)11-8-4-6-10-5-2-3-7-12(10)11;1-2(3)4/h2-9,13H,1H3;1H3,(H,3,4). The van der Waals surface area contributed by atoms with Crippen molar-refractivity contribution in [2.75, 3.05) is 0 Å². The molecule has 2 aromatic carbocycles. The molecule has 3 heteroatoms. The highest BCUT2D eigenvalue weighted by molar-refractivity contribution is 5.85. The SMILES string of the molecule is CC(=O)O.CC(O)c1cccc2ccccc12. The van der Waals surface area contributed by atoms with Crippen LogP contribution in [-0.2, 0) is 4.79 Å². The van der Waals surface area contributed by atoms with Crippen molar-refractivity contribution in [1.29, 1.82) is 0 Å². The van der Waals surface area contributed by atoms with Gasteiger partial charge in [0.05, 0.1) is 6.10 Å². The van der Waals surface area contributed by atoms with E-state index in [-0.39, 0.29) is 0 Å². The van der Waals surface area contributed by atoms with Gasteiger partial charge < -0.3 is 10.2 Å². The monoisotopic (exact) mass is 232 g/mol. The van der Waals surface area contributed by atoms with Gasteiger partial charge in [-0.2, -0.15) is 0 Å². The molecule has 0 aromatic heterocycles. The van der Waals surface area contributed by atoms with E-state index in [1.165, 1.54) is 5.39 Å². The summed E-state index contributed by atoms with van der Waals surface area (Å²) in [6, 6.07) is 14.1. The van der Waals surface area contributed by atoms with Crippen LogP contribution in [0, 0.1) is 0 Å². The smallest absolute Gasteiger partial charge is 0.300 e. The van der Waals surface area contributed by atoms with Gasteiger partial charge in [-0.1, -0.05) is 42.5 Å². The third kappa shape index (κ3) is 3.89. The summed E-state index contributed by atoms with van der Waals surface area (Å²) < 4.78 is 0. The Kier molecular flexibility index (Phi) is 4.67. The minimum absolute atomic E-state index is 0.397. The quantitative estimate of drug-likeness (QED) is 0.794. The van der Waals surface area contributed by atoms with Crippen molar-refractivity contribution in [3.63, 3.8) is 0 Å². The van der Waals surface area contributed by atoms with E-state index in [4.69, 9.17) is 9.90 Å². The highest BCUT2D eigenvalue weighted by Crippen LogP contribution is 2.23. The number of carboxylic acids is 1. The Bertz CT molecular complexity index is 494. The average molecular weight is 232 g/mol. The van der Waals surface area contributed by atoms with Crippen molar-refractivity contribution in [2.24, 2.45) is 0 Å². The molecule has 0 spiro atoms. The summed E-state index contributed by atoms with van der Waals surface area (Å²) >= 11 is 0. The lowest BCUT2D eigenvalue weighted by Crippen LogP contribution is -1.91. The molecule has 0 fully saturated rings. The predicted molar refractivity (Wildman–Crippen MR) is 67.9 cm³/mol. The molecule has 0 saturated carbocycles. The first kappa shape index (κ1) is 13.2. The number of fused-ring (bicyclic) bond motifs is 1. The average Bonchev–Trinajstić information content (AvgIpc) is 2.27. The zero-order valence-corrected chi connectivity index (χ0v) is 9.92. The fourth-order valence-electron chi connectivity index (χ4n) is 1.61. The summed E-state index contributed by atoms with van der Waals surface area (Å²) in [7, 11) is 0. The van der Waals surface area contributed by atoms with Gasteiger partial charge in [0.25, 0.3) is 5.97 Å². The first-order chi connectivity index (χ1) is 8.02. The number of carboxylic acid groups (broad SMARTS) is 1. The number of aliphatic hydroxyl groups excluding tert-OH is 1. The Morgan fingerprint density at radius 1 is 1.12 bits per heavy atom. The Balaban J connectivity index is 0.000000317. The van der Waals surface area contributed by atoms with Crippen LogP contribution in [-0.4, -0.2) is 16.2 Å². The van der Waals surface area contributed by atoms with E-state index in [1.807, 2.05) is 30.3 Å². The predicted octanol–water partition coefficient (Wildman–Crippen LogP) is 2.98. The molecule has 0 aliphatic carbocycles. The lowest BCUT2D eigenvalue weighted by Gasteiger charge is -2.08. The van der Waals surface area contributed by atoms with Gasteiger partial charge >= 0.3 is 0 Å². The van der Waals surface area contributed by atoms with Crippen molar-refractivity contribution in [3.8, 4) is 0 Å². The molecular formula is C14H16O3. The van der Waals surface area contributed by atoms with Crippen molar-refractivity contribution >= 4 is 16.7 Å². The second-order valence-electron chi connectivity index (χ2n) is 3.76. The van der Waals surface area contributed by atoms with Crippen LogP contribution in [0.2, 0.25) is 0 Å². The van der Waals surface area contributed by atoms with Crippen molar-refractivity contribution < 1.29 is 15.0 Å². The highest BCUT2D eigenvalue weighted by atomic mass is 16.4. The maximum absolute atomic E-state index is 9.52. The third-order valence-corrected chi connectivity index (χ3v) is 2.27. The van der Waals surface area contributed by atoms with Gasteiger partial charge in [-0.15, -0.1) is 0 Å². The highest BCUT2D eigenvalue weighted by Gasteiger charge is 2.04. The van der Waals surface area contributed by atoms with Crippen molar-refractivity contribution in [2.45, 2.75) is 20.0 Å². The van der Waals surface area contributed by atoms with Crippen LogP contribution in [0.4, 0.5) is 0 Å². The molecule has 0 aliphatic rings. The lowest BCUT2D eigenvalue weighted by atomic mass is 10.0. The van der Waals surface area contributed by atoms with Crippen LogP contribution < -0.4 is 0 Å². The number of aliphatic carboxylic acids is 1. The molecule has 0 amide bonds. The Morgan fingerprint density at radius 2 is 1.65 bits per heavy atom. The summed E-state index contributed by atoms with van der Waals surface area (Å²) in [6.45, 7) is 2.88. The maximum atomic E-state index is 9.52. The van der Waals surface area contributed by atoms with Gasteiger partial charge in [0.1, 0.15) is 0 Å². The molecule has 17 heavy (non-hydrogen) atoms. The molecule has 1 atom stereocenters. The zero-order valence-electron chi connectivity index (χ0n) is 9.92. The zero-order chi connectivity index (χ0) is 12.8. The topological polar surface area (TPSA) is 57.5 Å². The fraction of sp³-hybridized carbons (Fsp3) is 0.214. The Morgan fingerprint density at radius 3 is 2.24 bits per heavy atom. The fourth-order valence-corrected chi connectivity index (χ4v) is 1.61. The van der Waals surface area contributed by atoms with E-state index in [0.29, 0.717) is 0 Å². The van der Waals surface area contributed by atoms with Crippen LogP contribution in [0.3, 0.4) is 0 Å². The van der Waals surface area contributed by atoms with E-state index in [2.05, 4.69) is 12.1 Å². The molecule has 0 aliphatic heterocycles. The van der Waals surface area contributed by atoms with E-state index in [9.17, 15) is 5.11 Å². The Hall–Kier alpha value is -1.87. The van der Waals surface area contributed by atoms with Gasteiger partial charge in [0.2, 0.25) is 0 Å². The first-order valence-electron chi connectivity index (χ1n) is 5.37. The van der Waals surface area contributed by atoms with Gasteiger partial charge in [-0.3, -0.25) is 4.79 Å². The van der Waals surface area contributed by atoms with Gasteiger partial charge in [0, 0.05) is 6.92 Å². The van der Waals surface area contributed by atoms with E-state index in [1.54, 1.807) is 6.92 Å². The number of rotatable bonds is 1. The van der Waals surface area contributed by atoms with Crippen molar-refractivity contribution in [1.82, 2.24) is 0 Å². The second-order valence-corrected chi connectivity index (χ2v) is 3.76. The molecule has 3 nitrogen and oxygen atoms in total. The largest absolute Gasteiger partial charge is 0.481 e. The van der Waals surface area contributed by atoms with Gasteiger partial charge in [0.15, 0.2) is 0 Å². The van der Waals surface area contributed by atoms with E-state index >= 15 is 0 Å². The van der Waals surface area contributed by atoms with Crippen LogP contribution in [0.5, 0.6) is 0 Å². The van der Waals surface area contributed by atoms with Crippen LogP contribution >= 0.6 is 0 Å². The molecule has 2 N–H and O–H groups in total. The van der Waals surface area contributed by atoms with Gasteiger partial charge in [-0.25, -0.2) is 0 Å². The first-order valence-corrected chi connectivity index (χ1v) is 5.37. The summed E-state index contributed by atoms with van der Waals surface area (Å²) in [5, 5.41) is 19.3. The van der Waals surface area contributed by atoms with Crippen molar-refractivity contribution in [3.05, 3.63) is 48.0 Å². The summed E-state index contributed by atoms with van der Waals surface area (Å²) in [6.07, 6.45) is -0.397. The number of aliphatic hydroxyl groups is 1. The van der Waals surface area contributed by atoms with Crippen LogP contribution in [0.25, 0.3) is 10.8 Å². The van der Waals surface area contributed by atoms with Gasteiger partial charge in [-0.05, 0) is 23.3 Å². The molecule has 0 bridgehead atoms. The number of hydrogen-bond acceptors (Lipinski definition) is 2. The molecular weight excluding hydrogens is 216 g/mol. The summed E-state index contributed by atoms with van der Waals surface area (Å²) in [4.78, 5) is 9.00. The Labute approximate surface area is 100 Å². The lowest BCUT2D eigenvalue weighted by molar-refractivity contribution is -0.134. The minimum atomic E-state index is -0.833. The minimum Gasteiger partial charge on any atom is -0.481 e. The second kappa shape index (κ2) is 6.01. The molecule has 2 rings (SSSR count). The normalized spacial score (nSPS) is 11.5.